The average molecular weight is 301 g/mol. The fourth-order valence-electron chi connectivity index (χ4n) is 2.07. The van der Waals surface area contributed by atoms with Crippen molar-refractivity contribution in [1.29, 1.82) is 0 Å². The Hall–Kier alpha value is -1.07. The molecule has 1 fully saturated rings. The molecule has 1 aliphatic rings. The van der Waals surface area contributed by atoms with Crippen LogP contribution in [0.1, 0.15) is 31.8 Å². The number of rotatable bonds is 4. The average Bonchev–Trinajstić information content (AvgIpc) is 2.82. The van der Waals surface area contributed by atoms with Gasteiger partial charge in [0.1, 0.15) is 4.33 Å². The Morgan fingerprint density at radius 3 is 2.79 bits per heavy atom. The van der Waals surface area contributed by atoms with Gasteiger partial charge in [-0.15, -0.1) is 23.2 Å². The van der Waals surface area contributed by atoms with Crippen LogP contribution >= 0.6 is 23.2 Å². The second kappa shape index (κ2) is 4.21. The highest BCUT2D eigenvalue weighted by Crippen LogP contribution is 2.64. The van der Waals surface area contributed by atoms with E-state index in [9.17, 15) is 0 Å². The Balaban J connectivity index is 1.77. The van der Waals surface area contributed by atoms with Crippen molar-refractivity contribution in [2.45, 2.75) is 37.4 Å². The van der Waals surface area contributed by atoms with Crippen molar-refractivity contribution >= 4 is 23.2 Å². The largest absolute Gasteiger partial charge is 0.332 e. The van der Waals surface area contributed by atoms with Crippen LogP contribution in [0.15, 0.2) is 10.6 Å². The molecular weight excluding hydrogens is 287 g/mol. The number of aromatic amines is 1. The molecule has 0 saturated heterocycles. The molecule has 2 aromatic rings. The zero-order chi connectivity index (χ0) is 13.7. The van der Waals surface area contributed by atoms with Crippen molar-refractivity contribution in [3.8, 4) is 11.6 Å². The third-order valence-corrected chi connectivity index (χ3v) is 4.80. The topological polar surface area (TPSA) is 67.6 Å². The van der Waals surface area contributed by atoms with Crippen molar-refractivity contribution in [3.05, 3.63) is 17.6 Å². The van der Waals surface area contributed by atoms with E-state index < -0.39 is 4.33 Å². The molecular formula is C12H14Cl2N4O. The summed E-state index contributed by atoms with van der Waals surface area (Å²) in [5.74, 6) is 1.03. The summed E-state index contributed by atoms with van der Waals surface area (Å²) in [5.41, 5.74) is 1.53. The Morgan fingerprint density at radius 1 is 1.47 bits per heavy atom. The van der Waals surface area contributed by atoms with Crippen LogP contribution in [0.4, 0.5) is 0 Å². The molecule has 5 nitrogen and oxygen atoms in total. The van der Waals surface area contributed by atoms with Gasteiger partial charge in [-0.1, -0.05) is 19.0 Å². The molecule has 102 valence electrons. The van der Waals surface area contributed by atoms with Crippen LogP contribution in [0.5, 0.6) is 0 Å². The minimum absolute atomic E-state index is 0.169. The van der Waals surface area contributed by atoms with Crippen molar-refractivity contribution in [2.75, 3.05) is 0 Å². The van der Waals surface area contributed by atoms with Gasteiger partial charge in [-0.3, -0.25) is 5.10 Å². The maximum atomic E-state index is 6.11. The van der Waals surface area contributed by atoms with Crippen LogP contribution in [0, 0.1) is 5.41 Å². The van der Waals surface area contributed by atoms with Crippen LogP contribution in [0.25, 0.3) is 11.6 Å². The molecule has 0 amide bonds. The van der Waals surface area contributed by atoms with E-state index in [1.807, 2.05) is 19.9 Å². The van der Waals surface area contributed by atoms with Gasteiger partial charge in [0.25, 0.3) is 5.89 Å². The molecule has 1 N–H and O–H groups in total. The van der Waals surface area contributed by atoms with Crippen LogP contribution in [0.3, 0.4) is 0 Å². The smallest absolute Gasteiger partial charge is 0.278 e. The molecule has 1 atom stereocenters. The second-order valence-electron chi connectivity index (χ2n) is 5.27. The van der Waals surface area contributed by atoms with Gasteiger partial charge in [-0.2, -0.15) is 10.1 Å². The highest BCUT2D eigenvalue weighted by Gasteiger charge is 2.63. The summed E-state index contributed by atoms with van der Waals surface area (Å²) in [5, 5.41) is 11.0. The lowest BCUT2D eigenvalue weighted by Gasteiger charge is -2.07. The second-order valence-corrected chi connectivity index (χ2v) is 6.75. The van der Waals surface area contributed by atoms with Crippen molar-refractivity contribution < 1.29 is 4.52 Å². The quantitative estimate of drug-likeness (QED) is 0.881. The summed E-state index contributed by atoms with van der Waals surface area (Å²) < 4.78 is 4.55. The van der Waals surface area contributed by atoms with E-state index in [1.165, 1.54) is 0 Å². The van der Waals surface area contributed by atoms with E-state index in [1.54, 1.807) is 0 Å². The number of hydrogen-bond acceptors (Lipinski definition) is 4. The van der Waals surface area contributed by atoms with E-state index >= 15 is 0 Å². The van der Waals surface area contributed by atoms with Crippen molar-refractivity contribution in [3.63, 3.8) is 0 Å². The molecule has 0 spiro atoms. The molecule has 1 aliphatic carbocycles. The summed E-state index contributed by atoms with van der Waals surface area (Å²) in [7, 11) is 0. The molecule has 0 unspecified atom stereocenters. The molecule has 2 aromatic heterocycles. The third kappa shape index (κ3) is 2.25. The lowest BCUT2D eigenvalue weighted by atomic mass is 10.1. The van der Waals surface area contributed by atoms with Crippen LogP contribution < -0.4 is 0 Å². The highest BCUT2D eigenvalue weighted by atomic mass is 35.5. The van der Waals surface area contributed by atoms with Crippen molar-refractivity contribution in [1.82, 2.24) is 20.3 Å². The van der Waals surface area contributed by atoms with Gasteiger partial charge in [0.15, 0.2) is 11.5 Å². The predicted octanol–water partition coefficient (Wildman–Crippen LogP) is 3.15. The summed E-state index contributed by atoms with van der Waals surface area (Å²) in [6.45, 7) is 4.07. The first-order valence-corrected chi connectivity index (χ1v) is 6.94. The number of nitrogens with zero attached hydrogens (tertiary/aromatic N) is 3. The number of aromatic nitrogens is 4. The number of hydrogen-bond donors (Lipinski definition) is 1. The minimum Gasteiger partial charge on any atom is -0.332 e. The SMILES string of the molecule is CCc1cc(-c2nc(C[C@@]3(C)CC3(Cl)Cl)no2)n[nH]1. The minimum atomic E-state index is -0.671. The molecule has 0 aromatic carbocycles. The molecule has 2 heterocycles. The van der Waals surface area contributed by atoms with Crippen LogP contribution in [0.2, 0.25) is 0 Å². The summed E-state index contributed by atoms with van der Waals surface area (Å²) in [6.07, 6.45) is 2.23. The number of aryl methyl sites for hydroxylation is 1. The Morgan fingerprint density at radius 2 is 2.21 bits per heavy atom. The molecule has 3 rings (SSSR count). The fraction of sp³-hybridized carbons (Fsp3) is 0.583. The predicted molar refractivity (Wildman–Crippen MR) is 72.1 cm³/mol. The first-order chi connectivity index (χ1) is 8.93. The Bertz CT molecular complexity index is 606. The van der Waals surface area contributed by atoms with Crippen LogP contribution in [-0.4, -0.2) is 24.7 Å². The molecule has 0 aliphatic heterocycles. The number of halogens is 2. The van der Waals surface area contributed by atoms with Gasteiger partial charge in [0, 0.05) is 17.5 Å². The van der Waals surface area contributed by atoms with Crippen molar-refractivity contribution in [2.24, 2.45) is 5.41 Å². The van der Waals surface area contributed by atoms with Crippen LogP contribution in [-0.2, 0) is 12.8 Å². The number of nitrogens with one attached hydrogen (secondary N) is 1. The van der Waals surface area contributed by atoms with Gasteiger partial charge in [0.2, 0.25) is 0 Å². The van der Waals surface area contributed by atoms with E-state index in [0.29, 0.717) is 23.8 Å². The van der Waals surface area contributed by atoms with Gasteiger partial charge in [-0.05, 0) is 18.9 Å². The monoisotopic (exact) mass is 300 g/mol. The Kier molecular flexibility index (Phi) is 2.87. The number of alkyl halides is 2. The molecule has 19 heavy (non-hydrogen) atoms. The Labute approximate surface area is 120 Å². The third-order valence-electron chi connectivity index (χ3n) is 3.62. The maximum Gasteiger partial charge on any atom is 0.278 e. The van der Waals surface area contributed by atoms with Gasteiger partial charge in [-0.25, -0.2) is 0 Å². The first kappa shape index (κ1) is 12.9. The maximum absolute atomic E-state index is 6.11. The molecule has 0 radical (unpaired) electrons. The summed E-state index contributed by atoms with van der Waals surface area (Å²) in [4.78, 5) is 4.34. The first-order valence-electron chi connectivity index (χ1n) is 6.18. The lowest BCUT2D eigenvalue weighted by Crippen LogP contribution is -2.09. The normalized spacial score (nSPS) is 24.6. The van der Waals surface area contributed by atoms with E-state index in [2.05, 4.69) is 20.3 Å². The summed E-state index contributed by atoms with van der Waals surface area (Å²) in [6, 6.07) is 1.91. The molecule has 1 saturated carbocycles. The number of H-pyrrole nitrogens is 1. The zero-order valence-electron chi connectivity index (χ0n) is 10.7. The van der Waals surface area contributed by atoms with Gasteiger partial charge < -0.3 is 4.52 Å². The van der Waals surface area contributed by atoms with Gasteiger partial charge >= 0.3 is 0 Å². The fourth-order valence-corrected chi connectivity index (χ4v) is 2.79. The molecule has 7 heteroatoms. The summed E-state index contributed by atoms with van der Waals surface area (Å²) >= 11 is 12.2. The van der Waals surface area contributed by atoms with E-state index in [-0.39, 0.29) is 5.41 Å². The standard InChI is InChI=1S/C12H14Cl2N4O/c1-3-7-4-8(17-16-7)10-15-9(18-19-10)5-11(2)6-12(11,13)14/h4H,3,5-6H2,1-2H3,(H,16,17)/t11-/m0/s1. The van der Waals surface area contributed by atoms with Gasteiger partial charge in [0.05, 0.1) is 0 Å². The lowest BCUT2D eigenvalue weighted by molar-refractivity contribution is 0.412. The molecule has 0 bridgehead atoms. The van der Waals surface area contributed by atoms with E-state index in [4.69, 9.17) is 27.7 Å². The zero-order valence-corrected chi connectivity index (χ0v) is 12.2. The van der Waals surface area contributed by atoms with E-state index in [0.717, 1.165) is 18.5 Å². The highest BCUT2D eigenvalue weighted by molar-refractivity contribution is 6.51.